The summed E-state index contributed by atoms with van der Waals surface area (Å²) in [6, 6.07) is 4.08. The van der Waals surface area contributed by atoms with Gasteiger partial charge < -0.3 is 14.7 Å². The van der Waals surface area contributed by atoms with Crippen LogP contribution in [0.25, 0.3) is 0 Å². The normalized spacial score (nSPS) is 21.2. The van der Waals surface area contributed by atoms with Gasteiger partial charge in [-0.2, -0.15) is 0 Å². The maximum absolute atomic E-state index is 12.5. The number of halogens is 4. The van der Waals surface area contributed by atoms with Gasteiger partial charge in [-0.3, -0.25) is 0 Å². The minimum absolute atomic E-state index is 0.235. The third-order valence-corrected chi connectivity index (χ3v) is 6.34. The number of nitrogens with zero attached hydrogens (tertiary/aromatic N) is 1. The molecule has 1 aromatic rings. The zero-order valence-corrected chi connectivity index (χ0v) is 15.5. The Morgan fingerprint density at radius 2 is 1.81 bits per heavy atom. The van der Waals surface area contributed by atoms with E-state index in [0.717, 1.165) is 45.2 Å². The minimum Gasteiger partial charge on any atom is -0.406 e. The van der Waals surface area contributed by atoms with Crippen molar-refractivity contribution in [3.63, 3.8) is 0 Å². The molecule has 2 fully saturated rings. The van der Waals surface area contributed by atoms with Gasteiger partial charge in [0, 0.05) is 25.8 Å². The Morgan fingerprint density at radius 1 is 1.15 bits per heavy atom. The molecule has 0 radical (unpaired) electrons. The fourth-order valence-electron chi connectivity index (χ4n) is 4.42. The van der Waals surface area contributed by atoms with Gasteiger partial charge in [-0.05, 0) is 68.4 Å². The lowest BCUT2D eigenvalue weighted by Gasteiger charge is -2.46. The average molecular weight is 392 g/mol. The molecule has 0 unspecified atom stereocenters. The number of piperidine rings is 1. The number of ether oxygens (including phenoxy) is 1. The molecule has 0 aromatic heterocycles. The second-order valence-corrected chi connectivity index (χ2v) is 8.01. The molecule has 3 nitrogen and oxygen atoms in total. The lowest BCUT2D eigenvalue weighted by Crippen LogP contribution is -2.42. The molecule has 7 heteroatoms. The Labute approximate surface area is 157 Å². The molecular formula is C19H25ClF3NO2. The number of alkyl halides is 3. The number of anilines is 1. The van der Waals surface area contributed by atoms with Gasteiger partial charge in [0.15, 0.2) is 0 Å². The average Bonchev–Trinajstić information content (AvgIpc) is 2.59. The van der Waals surface area contributed by atoms with Crippen molar-refractivity contribution in [2.75, 3.05) is 24.6 Å². The summed E-state index contributed by atoms with van der Waals surface area (Å²) in [4.78, 5) is 2.07. The smallest absolute Gasteiger partial charge is 0.406 e. The third kappa shape index (κ3) is 4.77. The van der Waals surface area contributed by atoms with Crippen LogP contribution in [0.3, 0.4) is 0 Å². The highest BCUT2D eigenvalue weighted by Gasteiger charge is 2.38. The van der Waals surface area contributed by atoms with Crippen molar-refractivity contribution < 1.29 is 23.0 Å². The second kappa shape index (κ2) is 7.85. The van der Waals surface area contributed by atoms with E-state index in [9.17, 15) is 13.2 Å². The first-order valence-corrected chi connectivity index (χ1v) is 9.59. The topological polar surface area (TPSA) is 32.7 Å². The molecule has 0 amide bonds. The van der Waals surface area contributed by atoms with Crippen LogP contribution in [0.1, 0.15) is 44.9 Å². The first-order chi connectivity index (χ1) is 12.3. The predicted molar refractivity (Wildman–Crippen MR) is 95.7 cm³/mol. The lowest BCUT2D eigenvalue weighted by molar-refractivity contribution is -0.274. The molecule has 1 aromatic carbocycles. The number of benzene rings is 1. The van der Waals surface area contributed by atoms with Gasteiger partial charge in [-0.1, -0.05) is 11.6 Å². The number of hydrogen-bond acceptors (Lipinski definition) is 3. The van der Waals surface area contributed by atoms with Crippen LogP contribution in [0.4, 0.5) is 18.9 Å². The Morgan fingerprint density at radius 3 is 2.38 bits per heavy atom. The van der Waals surface area contributed by atoms with Crippen molar-refractivity contribution in [1.29, 1.82) is 0 Å². The predicted octanol–water partition coefficient (Wildman–Crippen LogP) is 5.40. The first-order valence-electron chi connectivity index (χ1n) is 9.21. The van der Waals surface area contributed by atoms with Crippen molar-refractivity contribution >= 4 is 17.3 Å². The Balaban J connectivity index is 1.62. The summed E-state index contributed by atoms with van der Waals surface area (Å²) in [5, 5.41) is 9.55. The van der Waals surface area contributed by atoms with E-state index in [1.54, 1.807) is 0 Å². The van der Waals surface area contributed by atoms with Crippen LogP contribution < -0.4 is 9.64 Å². The van der Waals surface area contributed by atoms with E-state index in [-0.39, 0.29) is 12.4 Å². The molecule has 2 aliphatic rings. The van der Waals surface area contributed by atoms with Gasteiger partial charge in [0.1, 0.15) is 5.75 Å². The van der Waals surface area contributed by atoms with Gasteiger partial charge >= 0.3 is 6.36 Å². The van der Waals surface area contributed by atoms with E-state index in [0.29, 0.717) is 22.0 Å². The van der Waals surface area contributed by atoms with Crippen LogP contribution in [0.2, 0.25) is 5.02 Å². The third-order valence-electron chi connectivity index (χ3n) is 6.02. The van der Waals surface area contributed by atoms with Gasteiger partial charge in [-0.15, -0.1) is 13.2 Å². The van der Waals surface area contributed by atoms with Crippen LogP contribution >= 0.6 is 11.6 Å². The van der Waals surface area contributed by atoms with Gasteiger partial charge in [0.2, 0.25) is 0 Å². The van der Waals surface area contributed by atoms with Gasteiger partial charge in [-0.25, -0.2) is 0 Å². The van der Waals surface area contributed by atoms with E-state index >= 15 is 0 Å². The number of aliphatic hydroxyl groups is 1. The molecule has 26 heavy (non-hydrogen) atoms. The molecular weight excluding hydrogens is 367 g/mol. The minimum atomic E-state index is -4.70. The fraction of sp³-hybridized carbons (Fsp3) is 0.684. The number of hydrogen-bond donors (Lipinski definition) is 1. The Hall–Kier alpha value is -1.14. The summed E-state index contributed by atoms with van der Waals surface area (Å²) in [5.41, 5.74) is 0.951. The van der Waals surface area contributed by atoms with Crippen molar-refractivity contribution in [3.8, 4) is 5.75 Å². The molecule has 1 spiro atoms. The maximum atomic E-state index is 12.5. The highest BCUT2D eigenvalue weighted by atomic mass is 35.5. The monoisotopic (exact) mass is 391 g/mol. The van der Waals surface area contributed by atoms with E-state index in [4.69, 9.17) is 16.7 Å². The van der Waals surface area contributed by atoms with Crippen molar-refractivity contribution in [1.82, 2.24) is 0 Å². The fourth-order valence-corrected chi connectivity index (χ4v) is 4.65. The molecule has 1 heterocycles. The Bertz CT molecular complexity index is 605. The zero-order valence-electron chi connectivity index (χ0n) is 14.7. The van der Waals surface area contributed by atoms with E-state index in [1.807, 2.05) is 0 Å². The second-order valence-electron chi connectivity index (χ2n) is 7.60. The highest BCUT2D eigenvalue weighted by Crippen LogP contribution is 2.48. The quantitative estimate of drug-likeness (QED) is 0.746. The van der Waals surface area contributed by atoms with Crippen molar-refractivity contribution in [2.45, 2.75) is 51.3 Å². The summed E-state index contributed by atoms with van der Waals surface area (Å²) in [7, 11) is 0. The van der Waals surface area contributed by atoms with Crippen LogP contribution in [0.15, 0.2) is 18.2 Å². The lowest BCUT2D eigenvalue weighted by atomic mass is 9.65. The van der Waals surface area contributed by atoms with E-state index in [1.165, 1.54) is 31.0 Å². The number of rotatable bonds is 4. The summed E-state index contributed by atoms with van der Waals surface area (Å²) in [6.07, 6.45) is 2.92. The van der Waals surface area contributed by atoms with Crippen molar-refractivity contribution in [3.05, 3.63) is 23.2 Å². The Kier molecular flexibility index (Phi) is 5.92. The molecule has 146 valence electrons. The highest BCUT2D eigenvalue weighted by molar-refractivity contribution is 6.33. The maximum Gasteiger partial charge on any atom is 0.573 e. The molecule has 1 aliphatic carbocycles. The van der Waals surface area contributed by atoms with E-state index in [2.05, 4.69) is 9.64 Å². The molecule has 3 rings (SSSR count). The summed E-state index contributed by atoms with van der Waals surface area (Å²) in [6.45, 7) is 1.85. The van der Waals surface area contributed by atoms with Crippen LogP contribution in [0, 0.1) is 11.3 Å². The molecule has 0 atom stereocenters. The van der Waals surface area contributed by atoms with Gasteiger partial charge in [0.25, 0.3) is 0 Å². The largest absolute Gasteiger partial charge is 0.573 e. The molecule has 0 bridgehead atoms. The summed E-state index contributed by atoms with van der Waals surface area (Å²) in [5.74, 6) is 0.399. The van der Waals surface area contributed by atoms with Crippen molar-refractivity contribution in [2.24, 2.45) is 11.3 Å². The van der Waals surface area contributed by atoms with E-state index < -0.39 is 6.36 Å². The SMILES string of the molecule is OCCC1CCC2(CC1)CCN(c1cc(OC(F)(F)F)ccc1Cl)CC2. The summed E-state index contributed by atoms with van der Waals surface area (Å²) < 4.78 is 41.4. The van der Waals surface area contributed by atoms with Crippen LogP contribution in [-0.2, 0) is 0 Å². The van der Waals surface area contributed by atoms with Crippen LogP contribution in [0.5, 0.6) is 5.75 Å². The standard InChI is InChI=1S/C19H25ClF3NO2/c20-16-2-1-15(26-19(21,22)23)13-17(16)24-10-8-18(9-11-24)6-3-14(4-7-18)5-12-25/h1-2,13-14,25H,3-12H2. The molecule has 1 N–H and O–H groups in total. The molecule has 1 saturated carbocycles. The van der Waals surface area contributed by atoms with Crippen LogP contribution in [-0.4, -0.2) is 31.2 Å². The molecule has 1 saturated heterocycles. The zero-order chi connectivity index (χ0) is 18.8. The number of aliphatic hydroxyl groups excluding tert-OH is 1. The summed E-state index contributed by atoms with van der Waals surface area (Å²) >= 11 is 6.23. The molecule has 1 aliphatic heterocycles. The first kappa shape index (κ1) is 19.6. The van der Waals surface area contributed by atoms with Gasteiger partial charge in [0.05, 0.1) is 10.7 Å².